The van der Waals surface area contributed by atoms with Gasteiger partial charge in [-0.3, -0.25) is 10.1 Å². The van der Waals surface area contributed by atoms with E-state index in [4.69, 9.17) is 4.74 Å². The quantitative estimate of drug-likeness (QED) is 0.485. The van der Waals surface area contributed by atoms with Gasteiger partial charge in [-0.15, -0.1) is 0 Å². The molecule has 0 aliphatic heterocycles. The molecule has 1 amide bonds. The number of rotatable bonds is 6. The molecular formula is C14H18N2O6. The normalized spacial score (nSPS) is 12.1. The van der Waals surface area contributed by atoms with Crippen LogP contribution in [0.1, 0.15) is 19.4 Å². The smallest absolute Gasteiger partial charge is 0.408 e. The number of methoxy groups -OCH3 is 1. The average Bonchev–Trinajstić information content (AvgIpc) is 2.50. The molecule has 120 valence electrons. The molecule has 0 spiro atoms. The first-order valence-corrected chi connectivity index (χ1v) is 6.48. The molecule has 0 bridgehead atoms. The Balaban J connectivity index is 2.71. The lowest BCUT2D eigenvalue weighted by molar-refractivity contribution is -0.562. The summed E-state index contributed by atoms with van der Waals surface area (Å²) in [5, 5.41) is 13.2. The van der Waals surface area contributed by atoms with E-state index in [0.29, 0.717) is 0 Å². The fraction of sp³-hybridized carbons (Fsp3) is 0.429. The van der Waals surface area contributed by atoms with Gasteiger partial charge in [-0.25, -0.2) is 9.59 Å². The highest BCUT2D eigenvalue weighted by molar-refractivity contribution is 5.82. The van der Waals surface area contributed by atoms with E-state index in [1.54, 1.807) is 24.3 Å². The van der Waals surface area contributed by atoms with Gasteiger partial charge in [0, 0.05) is 18.8 Å². The van der Waals surface area contributed by atoms with Gasteiger partial charge in [0.1, 0.15) is 6.61 Å². The van der Waals surface area contributed by atoms with Gasteiger partial charge in [0.25, 0.3) is 0 Å². The second-order valence-corrected chi connectivity index (χ2v) is 5.07. The summed E-state index contributed by atoms with van der Waals surface area (Å²) in [6.07, 6.45) is -0.936. The monoisotopic (exact) mass is 310 g/mol. The third kappa shape index (κ3) is 4.44. The number of nitrogens with one attached hydrogen (secondary N) is 1. The van der Waals surface area contributed by atoms with Crippen LogP contribution in [0.2, 0.25) is 0 Å². The van der Waals surface area contributed by atoms with E-state index in [2.05, 4.69) is 10.1 Å². The van der Waals surface area contributed by atoms with Gasteiger partial charge in [-0.2, -0.15) is 0 Å². The van der Waals surface area contributed by atoms with E-state index in [0.717, 1.165) is 12.7 Å². The largest absolute Gasteiger partial charge is 0.467 e. The molecule has 0 saturated carbocycles. The fourth-order valence-corrected chi connectivity index (χ4v) is 1.63. The summed E-state index contributed by atoms with van der Waals surface area (Å²) in [6, 6.07) is 7.43. The number of hydrogen-bond acceptors (Lipinski definition) is 6. The Bertz CT molecular complexity index is 544. The highest BCUT2D eigenvalue weighted by Gasteiger charge is 2.47. The maximum absolute atomic E-state index is 11.8. The molecular weight excluding hydrogens is 292 g/mol. The Morgan fingerprint density at radius 1 is 1.32 bits per heavy atom. The lowest BCUT2D eigenvalue weighted by Crippen LogP contribution is -2.58. The molecule has 1 aromatic carbocycles. The molecule has 0 heterocycles. The van der Waals surface area contributed by atoms with Gasteiger partial charge in [-0.05, 0) is 5.56 Å². The van der Waals surface area contributed by atoms with Crippen molar-refractivity contribution in [2.75, 3.05) is 7.11 Å². The summed E-state index contributed by atoms with van der Waals surface area (Å²) in [6.45, 7) is 2.41. The number of benzene rings is 1. The lowest BCUT2D eigenvalue weighted by Gasteiger charge is -2.25. The maximum Gasteiger partial charge on any atom is 0.408 e. The van der Waals surface area contributed by atoms with E-state index in [1.807, 2.05) is 6.07 Å². The van der Waals surface area contributed by atoms with E-state index >= 15 is 0 Å². The van der Waals surface area contributed by atoms with Crippen molar-refractivity contribution in [3.05, 3.63) is 46.0 Å². The van der Waals surface area contributed by atoms with Gasteiger partial charge in [0.2, 0.25) is 5.54 Å². The number of nitro groups is 1. The van der Waals surface area contributed by atoms with Gasteiger partial charge in [-0.1, -0.05) is 30.3 Å². The fourth-order valence-electron chi connectivity index (χ4n) is 1.63. The summed E-state index contributed by atoms with van der Waals surface area (Å²) in [5.41, 5.74) is -0.986. The first kappa shape index (κ1) is 17.4. The first-order chi connectivity index (χ1) is 10.3. The molecule has 8 nitrogen and oxygen atoms in total. The molecule has 1 N–H and O–H groups in total. The van der Waals surface area contributed by atoms with Gasteiger partial charge in [0.15, 0.2) is 6.04 Å². The minimum atomic E-state index is -1.74. The van der Waals surface area contributed by atoms with Crippen molar-refractivity contribution in [3.8, 4) is 0 Å². The van der Waals surface area contributed by atoms with Crippen LogP contribution in [0, 0.1) is 10.1 Å². The van der Waals surface area contributed by atoms with E-state index in [9.17, 15) is 19.7 Å². The summed E-state index contributed by atoms with van der Waals surface area (Å²) >= 11 is 0. The van der Waals surface area contributed by atoms with Gasteiger partial charge < -0.3 is 14.8 Å². The van der Waals surface area contributed by atoms with Crippen molar-refractivity contribution in [1.29, 1.82) is 0 Å². The van der Waals surface area contributed by atoms with Crippen LogP contribution in [-0.2, 0) is 20.9 Å². The minimum Gasteiger partial charge on any atom is -0.467 e. The molecule has 1 atom stereocenters. The zero-order chi connectivity index (χ0) is 16.8. The second-order valence-electron chi connectivity index (χ2n) is 5.07. The van der Waals surface area contributed by atoms with Gasteiger partial charge in [0.05, 0.1) is 7.11 Å². The number of carbonyl (C=O) groups excluding carboxylic acids is 2. The highest BCUT2D eigenvalue weighted by Crippen LogP contribution is 2.15. The predicted octanol–water partition coefficient (Wildman–Crippen LogP) is 1.51. The Morgan fingerprint density at radius 3 is 2.41 bits per heavy atom. The van der Waals surface area contributed by atoms with Crippen molar-refractivity contribution in [3.63, 3.8) is 0 Å². The van der Waals surface area contributed by atoms with Crippen LogP contribution < -0.4 is 5.32 Å². The molecule has 0 aromatic heterocycles. The number of hydrogen-bond donors (Lipinski definition) is 1. The Morgan fingerprint density at radius 2 is 1.91 bits per heavy atom. The number of nitrogens with zero attached hydrogens (tertiary/aromatic N) is 1. The summed E-state index contributed by atoms with van der Waals surface area (Å²) in [5.74, 6) is -0.918. The van der Waals surface area contributed by atoms with E-state index < -0.39 is 28.6 Å². The average molecular weight is 310 g/mol. The summed E-state index contributed by atoms with van der Waals surface area (Å²) < 4.78 is 9.45. The second kappa shape index (κ2) is 7.39. The molecule has 22 heavy (non-hydrogen) atoms. The van der Waals surface area contributed by atoms with E-state index in [1.165, 1.54) is 13.8 Å². The Kier molecular flexibility index (Phi) is 5.85. The molecule has 0 fully saturated rings. The molecule has 0 saturated heterocycles. The molecule has 8 heteroatoms. The molecule has 1 aromatic rings. The summed E-state index contributed by atoms with van der Waals surface area (Å²) in [7, 11) is 1.09. The molecule has 0 aliphatic rings. The van der Waals surface area contributed by atoms with Crippen LogP contribution in [0.3, 0.4) is 0 Å². The van der Waals surface area contributed by atoms with E-state index in [-0.39, 0.29) is 6.61 Å². The topological polar surface area (TPSA) is 108 Å². The third-order valence-electron chi connectivity index (χ3n) is 3.09. The van der Waals surface area contributed by atoms with Crippen LogP contribution in [0.15, 0.2) is 30.3 Å². The molecule has 1 unspecified atom stereocenters. The van der Waals surface area contributed by atoms with Crippen LogP contribution in [-0.4, -0.2) is 35.7 Å². The minimum absolute atomic E-state index is 0.0144. The molecule has 0 radical (unpaired) electrons. The molecule has 0 aliphatic carbocycles. The van der Waals surface area contributed by atoms with Crippen LogP contribution in [0.5, 0.6) is 0 Å². The van der Waals surface area contributed by atoms with Crippen molar-refractivity contribution in [1.82, 2.24) is 5.32 Å². The lowest BCUT2D eigenvalue weighted by atomic mass is 9.95. The number of ether oxygens (including phenoxy) is 2. The third-order valence-corrected chi connectivity index (χ3v) is 3.09. The Hall–Kier alpha value is -2.64. The number of esters is 1. The number of carbonyl (C=O) groups is 2. The van der Waals surface area contributed by atoms with Crippen molar-refractivity contribution in [2.45, 2.75) is 32.0 Å². The standard InChI is InChI=1S/C14H18N2O6/c1-14(2,16(19)20)11(12(17)21-3)15-13(18)22-9-10-7-5-4-6-8-10/h4-8,11H,9H2,1-3H3,(H,15,18). The van der Waals surface area contributed by atoms with Crippen molar-refractivity contribution < 1.29 is 24.0 Å². The van der Waals surface area contributed by atoms with Crippen molar-refractivity contribution >= 4 is 12.1 Å². The van der Waals surface area contributed by atoms with Crippen LogP contribution in [0.4, 0.5) is 4.79 Å². The number of alkyl carbamates (subject to hydrolysis) is 1. The van der Waals surface area contributed by atoms with Crippen LogP contribution in [0.25, 0.3) is 0 Å². The zero-order valence-corrected chi connectivity index (χ0v) is 12.6. The summed E-state index contributed by atoms with van der Waals surface area (Å²) in [4.78, 5) is 33.8. The first-order valence-electron chi connectivity index (χ1n) is 6.48. The maximum atomic E-state index is 11.8. The predicted molar refractivity (Wildman–Crippen MR) is 76.6 cm³/mol. The van der Waals surface area contributed by atoms with Crippen LogP contribution >= 0.6 is 0 Å². The SMILES string of the molecule is COC(=O)C(NC(=O)OCc1ccccc1)C(C)(C)[N+](=O)[O-]. The zero-order valence-electron chi connectivity index (χ0n) is 12.6. The number of amides is 1. The van der Waals surface area contributed by atoms with Crippen molar-refractivity contribution in [2.24, 2.45) is 0 Å². The van der Waals surface area contributed by atoms with Gasteiger partial charge >= 0.3 is 12.1 Å². The molecule has 1 rings (SSSR count). The Labute approximate surface area is 127 Å². The highest BCUT2D eigenvalue weighted by atomic mass is 16.6.